The van der Waals surface area contributed by atoms with Gasteiger partial charge in [0, 0.05) is 12.5 Å². The SMILES string of the molecule is COc1ccccc1CCC(=O)NC1CCCC1CN.Cl. The Bertz CT molecular complexity index is 454. The Morgan fingerprint density at radius 2 is 2.14 bits per heavy atom. The minimum atomic E-state index is 0. The standard InChI is InChI=1S/C16H24N2O2.ClH/c1-20-15-8-3-2-5-12(15)9-10-16(19)18-14-7-4-6-13(14)11-17;/h2-3,5,8,13-14H,4,6-7,9-11,17H2,1H3,(H,18,19);1H. The lowest BCUT2D eigenvalue weighted by Gasteiger charge is -2.19. The van der Waals surface area contributed by atoms with Gasteiger partial charge in [-0.15, -0.1) is 12.4 Å². The molecule has 0 saturated heterocycles. The summed E-state index contributed by atoms with van der Waals surface area (Å²) < 4.78 is 5.30. The number of aryl methyl sites for hydroxylation is 1. The van der Waals surface area contributed by atoms with E-state index in [0.29, 0.717) is 25.3 Å². The van der Waals surface area contributed by atoms with Crippen LogP contribution in [0.1, 0.15) is 31.2 Å². The van der Waals surface area contributed by atoms with Crippen LogP contribution in [-0.2, 0) is 11.2 Å². The number of amides is 1. The molecule has 0 spiro atoms. The molecule has 3 N–H and O–H groups in total. The van der Waals surface area contributed by atoms with Crippen LogP contribution >= 0.6 is 12.4 Å². The molecule has 1 fully saturated rings. The number of ether oxygens (including phenoxy) is 1. The van der Waals surface area contributed by atoms with Gasteiger partial charge in [0.2, 0.25) is 5.91 Å². The summed E-state index contributed by atoms with van der Waals surface area (Å²) in [6.07, 6.45) is 4.56. The first-order valence-corrected chi connectivity index (χ1v) is 7.36. The summed E-state index contributed by atoms with van der Waals surface area (Å²) in [4.78, 5) is 12.0. The molecule has 2 rings (SSSR count). The molecular weight excluding hydrogens is 288 g/mol. The number of hydrogen-bond acceptors (Lipinski definition) is 3. The maximum Gasteiger partial charge on any atom is 0.220 e. The zero-order chi connectivity index (χ0) is 14.4. The van der Waals surface area contributed by atoms with Crippen LogP contribution in [0.4, 0.5) is 0 Å². The molecule has 0 bridgehead atoms. The number of nitrogens with two attached hydrogens (primary N) is 1. The highest BCUT2D eigenvalue weighted by Gasteiger charge is 2.27. The molecule has 1 aromatic carbocycles. The summed E-state index contributed by atoms with van der Waals surface area (Å²) in [5.41, 5.74) is 6.81. The Balaban J connectivity index is 0.00000220. The normalized spacial score (nSPS) is 20.7. The first-order chi connectivity index (χ1) is 9.74. The van der Waals surface area contributed by atoms with E-state index in [1.807, 2.05) is 24.3 Å². The summed E-state index contributed by atoms with van der Waals surface area (Å²) in [6, 6.07) is 8.10. The maximum absolute atomic E-state index is 12.0. The van der Waals surface area contributed by atoms with Gasteiger partial charge in [0.25, 0.3) is 0 Å². The smallest absolute Gasteiger partial charge is 0.220 e. The van der Waals surface area contributed by atoms with Crippen molar-refractivity contribution in [1.82, 2.24) is 5.32 Å². The Morgan fingerprint density at radius 3 is 2.86 bits per heavy atom. The van der Waals surface area contributed by atoms with E-state index < -0.39 is 0 Å². The molecule has 4 nitrogen and oxygen atoms in total. The van der Waals surface area contributed by atoms with Crippen molar-refractivity contribution in [3.63, 3.8) is 0 Å². The minimum Gasteiger partial charge on any atom is -0.496 e. The third-order valence-corrected chi connectivity index (χ3v) is 4.12. The molecule has 2 atom stereocenters. The van der Waals surface area contributed by atoms with Gasteiger partial charge in [-0.25, -0.2) is 0 Å². The molecule has 1 amide bonds. The van der Waals surface area contributed by atoms with Crippen LogP contribution in [0.15, 0.2) is 24.3 Å². The Labute approximate surface area is 132 Å². The van der Waals surface area contributed by atoms with Crippen LogP contribution in [-0.4, -0.2) is 25.6 Å². The molecule has 1 saturated carbocycles. The van der Waals surface area contributed by atoms with Crippen molar-refractivity contribution in [3.05, 3.63) is 29.8 Å². The molecule has 1 aromatic rings. The number of rotatable bonds is 6. The third-order valence-electron chi connectivity index (χ3n) is 4.12. The second-order valence-corrected chi connectivity index (χ2v) is 5.41. The van der Waals surface area contributed by atoms with E-state index in [4.69, 9.17) is 10.5 Å². The van der Waals surface area contributed by atoms with Crippen molar-refractivity contribution in [2.45, 2.75) is 38.1 Å². The number of methoxy groups -OCH3 is 1. The van der Waals surface area contributed by atoms with Crippen LogP contribution in [0.3, 0.4) is 0 Å². The molecule has 0 heterocycles. The van der Waals surface area contributed by atoms with Gasteiger partial charge >= 0.3 is 0 Å². The topological polar surface area (TPSA) is 64.3 Å². The van der Waals surface area contributed by atoms with Crippen molar-refractivity contribution >= 4 is 18.3 Å². The fourth-order valence-electron chi connectivity index (χ4n) is 2.95. The monoisotopic (exact) mass is 312 g/mol. The van der Waals surface area contributed by atoms with E-state index in [1.54, 1.807) is 7.11 Å². The fourth-order valence-corrected chi connectivity index (χ4v) is 2.95. The Kier molecular flexibility index (Phi) is 7.54. The Morgan fingerprint density at radius 1 is 1.38 bits per heavy atom. The van der Waals surface area contributed by atoms with Crippen molar-refractivity contribution in [2.75, 3.05) is 13.7 Å². The maximum atomic E-state index is 12.0. The van der Waals surface area contributed by atoms with E-state index in [-0.39, 0.29) is 24.4 Å². The predicted octanol–water partition coefficient (Wildman–Crippen LogP) is 2.29. The average molecular weight is 313 g/mol. The summed E-state index contributed by atoms with van der Waals surface area (Å²) in [6.45, 7) is 0.664. The lowest BCUT2D eigenvalue weighted by molar-refractivity contribution is -0.122. The van der Waals surface area contributed by atoms with Crippen molar-refractivity contribution in [2.24, 2.45) is 11.7 Å². The van der Waals surface area contributed by atoms with E-state index in [9.17, 15) is 4.79 Å². The summed E-state index contributed by atoms with van der Waals surface area (Å²) >= 11 is 0. The number of carbonyl (C=O) groups excluding carboxylic acids is 1. The number of carbonyl (C=O) groups is 1. The minimum absolute atomic E-state index is 0. The van der Waals surface area contributed by atoms with Gasteiger partial charge in [0.15, 0.2) is 0 Å². The van der Waals surface area contributed by atoms with Crippen molar-refractivity contribution < 1.29 is 9.53 Å². The van der Waals surface area contributed by atoms with Crippen molar-refractivity contribution in [3.8, 4) is 5.75 Å². The zero-order valence-corrected chi connectivity index (χ0v) is 13.3. The number of benzene rings is 1. The highest BCUT2D eigenvalue weighted by Crippen LogP contribution is 2.25. The molecule has 0 aliphatic heterocycles. The van der Waals surface area contributed by atoms with Gasteiger partial charge in [0.1, 0.15) is 5.75 Å². The van der Waals surface area contributed by atoms with Gasteiger partial charge < -0.3 is 15.8 Å². The van der Waals surface area contributed by atoms with E-state index in [0.717, 1.165) is 24.2 Å². The lowest BCUT2D eigenvalue weighted by atomic mass is 10.0. The van der Waals surface area contributed by atoms with Crippen LogP contribution in [0.25, 0.3) is 0 Å². The second kappa shape index (κ2) is 8.90. The lowest BCUT2D eigenvalue weighted by Crippen LogP contribution is -2.39. The summed E-state index contributed by atoms with van der Waals surface area (Å²) in [5, 5.41) is 3.13. The molecule has 1 aliphatic rings. The largest absolute Gasteiger partial charge is 0.496 e. The van der Waals surface area contributed by atoms with Gasteiger partial charge in [0.05, 0.1) is 7.11 Å². The second-order valence-electron chi connectivity index (χ2n) is 5.41. The van der Waals surface area contributed by atoms with Crippen LogP contribution < -0.4 is 15.8 Å². The number of nitrogens with one attached hydrogen (secondary N) is 1. The molecule has 5 heteroatoms. The quantitative estimate of drug-likeness (QED) is 0.847. The van der Waals surface area contributed by atoms with E-state index >= 15 is 0 Å². The molecule has 0 radical (unpaired) electrons. The third kappa shape index (κ3) is 4.90. The molecule has 2 unspecified atom stereocenters. The van der Waals surface area contributed by atoms with Crippen LogP contribution in [0.5, 0.6) is 5.75 Å². The number of hydrogen-bond donors (Lipinski definition) is 2. The van der Waals surface area contributed by atoms with Gasteiger partial charge in [-0.2, -0.15) is 0 Å². The number of para-hydroxylation sites is 1. The molecule has 118 valence electrons. The molecule has 1 aliphatic carbocycles. The van der Waals surface area contributed by atoms with E-state index in [2.05, 4.69) is 5.32 Å². The number of halogens is 1. The summed E-state index contributed by atoms with van der Waals surface area (Å²) in [7, 11) is 1.66. The van der Waals surface area contributed by atoms with Crippen LogP contribution in [0, 0.1) is 5.92 Å². The molecule has 0 aromatic heterocycles. The first-order valence-electron chi connectivity index (χ1n) is 7.36. The highest BCUT2D eigenvalue weighted by atomic mass is 35.5. The van der Waals surface area contributed by atoms with Crippen LogP contribution in [0.2, 0.25) is 0 Å². The van der Waals surface area contributed by atoms with Crippen molar-refractivity contribution in [1.29, 1.82) is 0 Å². The van der Waals surface area contributed by atoms with Gasteiger partial charge in [-0.05, 0) is 43.4 Å². The average Bonchev–Trinajstić information content (AvgIpc) is 2.92. The first kappa shape index (κ1) is 17.8. The van der Waals surface area contributed by atoms with E-state index in [1.165, 1.54) is 6.42 Å². The molecular formula is C16H25ClN2O2. The zero-order valence-electron chi connectivity index (χ0n) is 12.5. The predicted molar refractivity (Wildman–Crippen MR) is 86.9 cm³/mol. The Hall–Kier alpha value is -1.26. The fraction of sp³-hybridized carbons (Fsp3) is 0.562. The van der Waals surface area contributed by atoms with Gasteiger partial charge in [-0.1, -0.05) is 24.6 Å². The van der Waals surface area contributed by atoms with Gasteiger partial charge in [-0.3, -0.25) is 4.79 Å². The molecule has 21 heavy (non-hydrogen) atoms. The highest BCUT2D eigenvalue weighted by molar-refractivity contribution is 5.85. The summed E-state index contributed by atoms with van der Waals surface area (Å²) in [5.74, 6) is 1.41.